The lowest BCUT2D eigenvalue weighted by Gasteiger charge is -2.32. The number of alkyl halides is 3. The molecule has 3 heterocycles. The highest BCUT2D eigenvalue weighted by atomic mass is 19.4. The van der Waals surface area contributed by atoms with Crippen molar-refractivity contribution in [3.63, 3.8) is 0 Å². The number of nitrogens with zero attached hydrogens (tertiary/aromatic N) is 5. The van der Waals surface area contributed by atoms with Crippen molar-refractivity contribution in [2.24, 2.45) is 5.92 Å². The van der Waals surface area contributed by atoms with Gasteiger partial charge in [-0.15, -0.1) is 15.3 Å². The maximum atomic E-state index is 14.2. The molecule has 0 unspecified atom stereocenters. The van der Waals surface area contributed by atoms with Crippen LogP contribution in [0.3, 0.4) is 0 Å². The Balaban J connectivity index is 1.35. The van der Waals surface area contributed by atoms with Crippen LogP contribution in [-0.4, -0.2) is 59.1 Å². The second-order valence-corrected chi connectivity index (χ2v) is 7.72. The van der Waals surface area contributed by atoms with Crippen molar-refractivity contribution in [2.75, 3.05) is 43.6 Å². The molecule has 0 saturated carbocycles. The molecule has 1 aliphatic rings. The van der Waals surface area contributed by atoms with E-state index in [1.165, 1.54) is 25.3 Å². The van der Waals surface area contributed by atoms with Gasteiger partial charge in [0, 0.05) is 37.9 Å². The third-order valence-corrected chi connectivity index (χ3v) is 5.44. The average molecular weight is 482 g/mol. The normalized spacial score (nSPS) is 15.0. The molecule has 1 amide bonds. The van der Waals surface area contributed by atoms with E-state index in [-0.39, 0.29) is 29.8 Å². The number of benzene rings is 1. The monoisotopic (exact) mass is 482 g/mol. The molecule has 1 N–H and O–H groups in total. The average Bonchev–Trinajstić information content (AvgIpc) is 3.25. The van der Waals surface area contributed by atoms with Crippen molar-refractivity contribution in [1.29, 1.82) is 0 Å². The number of aromatic nitrogens is 4. The van der Waals surface area contributed by atoms with Gasteiger partial charge >= 0.3 is 6.18 Å². The summed E-state index contributed by atoms with van der Waals surface area (Å²) in [6.45, 7) is 1.36. The molecule has 9 nitrogen and oxygen atoms in total. The predicted molar refractivity (Wildman–Crippen MR) is 113 cm³/mol. The topological polar surface area (TPSA) is 93.9 Å². The molecule has 0 radical (unpaired) electrons. The Kier molecular flexibility index (Phi) is 6.82. The lowest BCUT2D eigenvalue weighted by molar-refractivity contribution is -0.146. The fourth-order valence-corrected chi connectivity index (χ4v) is 3.67. The van der Waals surface area contributed by atoms with Gasteiger partial charge in [-0.05, 0) is 37.1 Å². The van der Waals surface area contributed by atoms with Crippen LogP contribution in [-0.2, 0) is 15.7 Å². The summed E-state index contributed by atoms with van der Waals surface area (Å²) >= 11 is 0. The number of ether oxygens (including phenoxy) is 2. The third-order valence-electron chi connectivity index (χ3n) is 5.44. The molecule has 1 fully saturated rings. The fraction of sp³-hybridized carbons (Fsp3) is 0.429. The van der Waals surface area contributed by atoms with Gasteiger partial charge in [0.15, 0.2) is 17.2 Å². The molecule has 1 aromatic carbocycles. The van der Waals surface area contributed by atoms with Gasteiger partial charge in [-0.25, -0.2) is 4.39 Å². The van der Waals surface area contributed by atoms with E-state index in [1.54, 1.807) is 17.0 Å². The van der Waals surface area contributed by atoms with Gasteiger partial charge in [0.1, 0.15) is 12.4 Å². The van der Waals surface area contributed by atoms with Crippen LogP contribution in [0.15, 0.2) is 30.3 Å². The van der Waals surface area contributed by atoms with Crippen molar-refractivity contribution in [3.05, 3.63) is 42.0 Å². The summed E-state index contributed by atoms with van der Waals surface area (Å²) in [6.07, 6.45) is -3.76. The summed E-state index contributed by atoms with van der Waals surface area (Å²) < 4.78 is 64.3. The molecule has 182 valence electrons. The molecule has 1 aliphatic heterocycles. The first kappa shape index (κ1) is 23.7. The predicted octanol–water partition coefficient (Wildman–Crippen LogP) is 3.16. The standard InChI is InChI=1S/C21H22F4N6O3/c1-33-10-11-34-16-3-2-14(12-15(16)22)26-19(32)13-6-8-30(9-7-13)18-5-4-17-27-28-20(21(23,24)25)31(17)29-18/h2-5,12-13H,6-11H2,1H3,(H,26,32). The van der Waals surface area contributed by atoms with Gasteiger partial charge < -0.3 is 19.7 Å². The van der Waals surface area contributed by atoms with Crippen LogP contribution in [0.5, 0.6) is 5.75 Å². The number of hydrogen-bond donors (Lipinski definition) is 1. The van der Waals surface area contributed by atoms with Gasteiger partial charge in [-0.3, -0.25) is 4.79 Å². The zero-order chi connectivity index (χ0) is 24.3. The maximum Gasteiger partial charge on any atom is 0.453 e. The molecule has 13 heteroatoms. The molecular formula is C21H22F4N6O3. The molecule has 0 atom stereocenters. The number of halogens is 4. The minimum atomic E-state index is -4.68. The number of anilines is 2. The van der Waals surface area contributed by atoms with Crippen LogP contribution < -0.4 is 15.0 Å². The van der Waals surface area contributed by atoms with Crippen molar-refractivity contribution < 1.29 is 31.8 Å². The first-order valence-electron chi connectivity index (χ1n) is 10.5. The number of carbonyl (C=O) groups is 1. The number of nitrogens with one attached hydrogen (secondary N) is 1. The Labute approximate surface area is 191 Å². The first-order valence-corrected chi connectivity index (χ1v) is 10.5. The Morgan fingerprint density at radius 3 is 2.59 bits per heavy atom. The van der Waals surface area contributed by atoms with E-state index in [0.717, 1.165) is 0 Å². The van der Waals surface area contributed by atoms with Crippen molar-refractivity contribution >= 4 is 23.1 Å². The number of amides is 1. The highest BCUT2D eigenvalue weighted by molar-refractivity contribution is 5.92. The highest BCUT2D eigenvalue weighted by Gasteiger charge is 2.38. The lowest BCUT2D eigenvalue weighted by Crippen LogP contribution is -2.38. The van der Waals surface area contributed by atoms with E-state index in [1.807, 2.05) is 0 Å². The summed E-state index contributed by atoms with van der Waals surface area (Å²) in [5, 5.41) is 13.4. The van der Waals surface area contributed by atoms with Crippen molar-refractivity contribution in [1.82, 2.24) is 19.8 Å². The molecule has 0 aliphatic carbocycles. The van der Waals surface area contributed by atoms with Gasteiger partial charge in [0.25, 0.3) is 5.82 Å². The SMILES string of the molecule is COCCOc1ccc(NC(=O)C2CCN(c3ccc4nnc(C(F)(F)F)n4n3)CC2)cc1F. The van der Waals surface area contributed by atoms with Crippen LogP contribution in [0, 0.1) is 11.7 Å². The molecule has 0 spiro atoms. The molecule has 0 bridgehead atoms. The zero-order valence-electron chi connectivity index (χ0n) is 18.2. The van der Waals surface area contributed by atoms with Gasteiger partial charge in [0.2, 0.25) is 5.91 Å². The highest BCUT2D eigenvalue weighted by Crippen LogP contribution is 2.29. The summed E-state index contributed by atoms with van der Waals surface area (Å²) in [4.78, 5) is 14.5. The van der Waals surface area contributed by atoms with Crippen molar-refractivity contribution in [3.8, 4) is 5.75 Å². The number of piperidine rings is 1. The summed E-state index contributed by atoms with van der Waals surface area (Å²) in [7, 11) is 1.51. The number of methoxy groups -OCH3 is 1. The minimum Gasteiger partial charge on any atom is -0.488 e. The van der Waals surface area contributed by atoms with Gasteiger partial charge in [0.05, 0.1) is 6.61 Å². The molecule has 34 heavy (non-hydrogen) atoms. The molecule has 2 aromatic heterocycles. The molecule has 4 rings (SSSR count). The summed E-state index contributed by atoms with van der Waals surface area (Å²) in [5.41, 5.74) is 0.302. The smallest absolute Gasteiger partial charge is 0.453 e. The van der Waals surface area contributed by atoms with Crippen LogP contribution in [0.4, 0.5) is 29.1 Å². The number of rotatable bonds is 7. The summed E-state index contributed by atoms with van der Waals surface area (Å²) in [5.74, 6) is -1.98. The van der Waals surface area contributed by atoms with E-state index in [2.05, 4.69) is 20.6 Å². The molecular weight excluding hydrogens is 460 g/mol. The number of fused-ring (bicyclic) bond motifs is 1. The maximum absolute atomic E-state index is 14.2. The zero-order valence-corrected chi connectivity index (χ0v) is 18.2. The Bertz CT molecular complexity index is 1160. The number of carbonyl (C=O) groups excluding carboxylic acids is 1. The summed E-state index contributed by atoms with van der Waals surface area (Å²) in [6, 6.07) is 7.16. The second kappa shape index (κ2) is 9.79. The van der Waals surface area contributed by atoms with Crippen LogP contribution in [0.1, 0.15) is 18.7 Å². The largest absolute Gasteiger partial charge is 0.488 e. The Morgan fingerprint density at radius 2 is 1.91 bits per heavy atom. The molecule has 3 aromatic rings. The third kappa shape index (κ3) is 5.19. The Hall–Kier alpha value is -3.48. The van der Waals surface area contributed by atoms with E-state index in [9.17, 15) is 22.4 Å². The quantitative estimate of drug-likeness (QED) is 0.408. The van der Waals surface area contributed by atoms with Gasteiger partial charge in [-0.1, -0.05) is 0 Å². The van der Waals surface area contributed by atoms with Gasteiger partial charge in [-0.2, -0.15) is 17.7 Å². The fourth-order valence-electron chi connectivity index (χ4n) is 3.67. The van der Waals surface area contributed by atoms with E-state index >= 15 is 0 Å². The number of hydrogen-bond acceptors (Lipinski definition) is 7. The van der Waals surface area contributed by atoms with E-state index in [0.29, 0.717) is 48.6 Å². The first-order chi connectivity index (χ1) is 16.3. The van der Waals surface area contributed by atoms with E-state index < -0.39 is 17.8 Å². The molecule has 1 saturated heterocycles. The second-order valence-electron chi connectivity index (χ2n) is 7.72. The minimum absolute atomic E-state index is 0.00677. The van der Waals surface area contributed by atoms with Crippen LogP contribution >= 0.6 is 0 Å². The van der Waals surface area contributed by atoms with Crippen LogP contribution in [0.25, 0.3) is 5.65 Å². The van der Waals surface area contributed by atoms with E-state index in [4.69, 9.17) is 9.47 Å². The van der Waals surface area contributed by atoms with Crippen molar-refractivity contribution in [2.45, 2.75) is 19.0 Å². The lowest BCUT2D eigenvalue weighted by atomic mass is 9.96. The van der Waals surface area contributed by atoms with Crippen LogP contribution in [0.2, 0.25) is 0 Å². The Morgan fingerprint density at radius 1 is 1.15 bits per heavy atom.